The van der Waals surface area contributed by atoms with E-state index in [4.69, 9.17) is 10.5 Å². The molecule has 0 aromatic carbocycles. The summed E-state index contributed by atoms with van der Waals surface area (Å²) in [5, 5.41) is 87.7. The second kappa shape index (κ2) is 12.9. The van der Waals surface area contributed by atoms with Crippen LogP contribution >= 0.6 is 0 Å². The summed E-state index contributed by atoms with van der Waals surface area (Å²) in [5.41, 5.74) is 3.62. The van der Waals surface area contributed by atoms with E-state index in [-0.39, 0.29) is 18.3 Å². The molecule has 0 aromatic heterocycles. The summed E-state index contributed by atoms with van der Waals surface area (Å²) in [7, 11) is 0. The van der Waals surface area contributed by atoms with E-state index in [0.717, 1.165) is 51.4 Å². The first-order chi connectivity index (χ1) is 19.5. The number of aliphatic hydroxyl groups is 8. The smallest absolute Gasteiger partial charge is 0.154 e. The minimum atomic E-state index is -2.00. The zero-order valence-electron chi connectivity index (χ0n) is 24.5. The third kappa shape index (κ3) is 5.88. The Bertz CT molecular complexity index is 855. The Kier molecular flexibility index (Phi) is 10.1. The average Bonchev–Trinajstić information content (AvgIpc) is 2.91. The Labute approximate surface area is 243 Å². The minimum absolute atomic E-state index is 0.105. The lowest BCUT2D eigenvalue weighted by molar-refractivity contribution is -0.296. The fraction of sp³-hybridized carbons (Fsp3) is 1.00. The number of nitrogens with two attached hydrogens (primary N) is 1. The molecule has 10 nitrogen and oxygen atoms in total. The van der Waals surface area contributed by atoms with Crippen LogP contribution in [0.25, 0.3) is 0 Å². The molecule has 10 heteroatoms. The van der Waals surface area contributed by atoms with Gasteiger partial charge in [-0.05, 0) is 100 Å². The predicted octanol–water partition coefficient (Wildman–Crippen LogP) is 0.449. The van der Waals surface area contributed by atoms with Gasteiger partial charge in [0, 0.05) is 18.4 Å². The maximum Gasteiger partial charge on any atom is 0.154 e. The molecule has 5 fully saturated rings. The van der Waals surface area contributed by atoms with Crippen molar-refractivity contribution >= 4 is 0 Å². The summed E-state index contributed by atoms with van der Waals surface area (Å²) < 4.78 is 5.24. The molecule has 0 radical (unpaired) electrons. The van der Waals surface area contributed by atoms with Gasteiger partial charge < -0.3 is 51.3 Å². The van der Waals surface area contributed by atoms with Gasteiger partial charge in [0.25, 0.3) is 0 Å². The standard InChI is InChI=1S/C31H55NO9/c1-2-41-23(35)5-3-4-15-6-8-16(9-7-15)19-10-11-21(33)25-20(19)13-17-12-18-14-22(34)26(30(32)39)29(38)31(18,40)28(37)24(17)27(25)36/h15-30,33-40H,2-14,32H2,1H3. The van der Waals surface area contributed by atoms with Crippen molar-refractivity contribution in [2.24, 2.45) is 59.0 Å². The first kappa shape index (κ1) is 32.0. The molecule has 0 bridgehead atoms. The van der Waals surface area contributed by atoms with Gasteiger partial charge in [0.15, 0.2) is 6.29 Å². The van der Waals surface area contributed by atoms with Crippen molar-refractivity contribution in [3.63, 3.8) is 0 Å². The average molecular weight is 586 g/mol. The molecule has 0 spiro atoms. The van der Waals surface area contributed by atoms with Crippen LogP contribution in [0.4, 0.5) is 0 Å². The van der Waals surface area contributed by atoms with Crippen molar-refractivity contribution in [1.29, 1.82) is 0 Å². The minimum Gasteiger partial charge on any atom is -0.393 e. The van der Waals surface area contributed by atoms with Crippen molar-refractivity contribution in [1.82, 2.24) is 0 Å². The van der Waals surface area contributed by atoms with E-state index in [1.165, 1.54) is 0 Å². The summed E-state index contributed by atoms with van der Waals surface area (Å²) in [4.78, 5) is 0. The van der Waals surface area contributed by atoms with Crippen LogP contribution in [-0.2, 0) is 4.74 Å². The normalized spacial score (nSPS) is 51.7. The van der Waals surface area contributed by atoms with E-state index < -0.39 is 72.3 Å². The van der Waals surface area contributed by atoms with E-state index in [0.29, 0.717) is 43.6 Å². The van der Waals surface area contributed by atoms with Crippen molar-refractivity contribution in [2.75, 3.05) is 6.61 Å². The molecule has 0 aliphatic heterocycles. The highest BCUT2D eigenvalue weighted by molar-refractivity contribution is 5.16. The lowest BCUT2D eigenvalue weighted by Gasteiger charge is -2.62. The van der Waals surface area contributed by atoms with Crippen molar-refractivity contribution in [2.45, 2.75) is 133 Å². The molecule has 10 N–H and O–H groups in total. The van der Waals surface area contributed by atoms with Gasteiger partial charge in [-0.2, -0.15) is 0 Å². The van der Waals surface area contributed by atoms with Crippen LogP contribution in [0, 0.1) is 53.3 Å². The van der Waals surface area contributed by atoms with Crippen LogP contribution in [0.2, 0.25) is 0 Å². The molecule has 0 heterocycles. The lowest BCUT2D eigenvalue weighted by Crippen LogP contribution is -2.74. The Morgan fingerprint density at radius 3 is 2.17 bits per heavy atom. The Balaban J connectivity index is 1.26. The zero-order chi connectivity index (χ0) is 29.6. The van der Waals surface area contributed by atoms with Crippen LogP contribution < -0.4 is 5.73 Å². The van der Waals surface area contributed by atoms with Crippen LogP contribution in [0.5, 0.6) is 0 Å². The number of fused-ring (bicyclic) bond motifs is 3. The van der Waals surface area contributed by atoms with Gasteiger partial charge in [0.05, 0.1) is 36.4 Å². The fourth-order valence-electron chi connectivity index (χ4n) is 10.4. The molecular weight excluding hydrogens is 530 g/mol. The number of rotatable bonds is 8. The van der Waals surface area contributed by atoms with Crippen molar-refractivity contribution < 1.29 is 45.6 Å². The molecule has 5 rings (SSSR count). The SMILES string of the molecule is CCOC(O)CCCC1CCC(C2CCC(O)C3C(O)C4C(CC23)CC2CC(O)C(C(N)O)C(O)C2(O)C4O)CC1. The monoisotopic (exact) mass is 585 g/mol. The fourth-order valence-corrected chi connectivity index (χ4v) is 10.4. The maximum absolute atomic E-state index is 11.7. The van der Waals surface area contributed by atoms with Gasteiger partial charge in [-0.15, -0.1) is 0 Å². The topological polar surface area (TPSA) is 197 Å². The van der Waals surface area contributed by atoms with Gasteiger partial charge in [-0.25, -0.2) is 0 Å². The van der Waals surface area contributed by atoms with Crippen LogP contribution in [0.3, 0.4) is 0 Å². The molecule has 5 saturated carbocycles. The molecule has 0 saturated heterocycles. The highest BCUT2D eigenvalue weighted by Crippen LogP contribution is 2.59. The highest BCUT2D eigenvalue weighted by Gasteiger charge is 2.66. The Morgan fingerprint density at radius 2 is 1.51 bits per heavy atom. The van der Waals surface area contributed by atoms with E-state index in [1.807, 2.05) is 6.92 Å². The van der Waals surface area contributed by atoms with E-state index in [9.17, 15) is 40.9 Å². The second-order valence-corrected chi connectivity index (χ2v) is 14.3. The summed E-state index contributed by atoms with van der Waals surface area (Å²) in [5.74, 6) is -1.33. The highest BCUT2D eigenvalue weighted by atomic mass is 16.6. The molecule has 15 atom stereocenters. The predicted molar refractivity (Wildman–Crippen MR) is 150 cm³/mol. The van der Waals surface area contributed by atoms with Crippen LogP contribution in [-0.4, -0.2) is 96.1 Å². The van der Waals surface area contributed by atoms with Crippen LogP contribution in [0.15, 0.2) is 0 Å². The molecule has 5 aliphatic carbocycles. The maximum atomic E-state index is 11.7. The Hall–Kier alpha value is -0.400. The summed E-state index contributed by atoms with van der Waals surface area (Å²) >= 11 is 0. The number of hydrogen-bond donors (Lipinski definition) is 9. The number of hydrogen-bond acceptors (Lipinski definition) is 10. The van der Waals surface area contributed by atoms with Gasteiger partial charge in [-0.3, -0.25) is 0 Å². The summed E-state index contributed by atoms with van der Waals surface area (Å²) in [6, 6.07) is 0. The first-order valence-corrected chi connectivity index (χ1v) is 16.3. The van der Waals surface area contributed by atoms with Gasteiger partial charge in [0.2, 0.25) is 0 Å². The van der Waals surface area contributed by atoms with Crippen molar-refractivity contribution in [3.05, 3.63) is 0 Å². The summed E-state index contributed by atoms with van der Waals surface area (Å²) in [6.45, 7) is 2.40. The molecule has 0 aromatic rings. The molecule has 15 unspecified atom stereocenters. The summed E-state index contributed by atoms with van der Waals surface area (Å²) in [6.07, 6.45) is 1.93. The van der Waals surface area contributed by atoms with Gasteiger partial charge >= 0.3 is 0 Å². The second-order valence-electron chi connectivity index (χ2n) is 14.3. The van der Waals surface area contributed by atoms with Crippen LogP contribution in [0.1, 0.15) is 84.0 Å². The first-order valence-electron chi connectivity index (χ1n) is 16.3. The molecule has 5 aliphatic rings. The van der Waals surface area contributed by atoms with E-state index in [2.05, 4.69) is 0 Å². The number of aliphatic hydroxyl groups excluding tert-OH is 7. The quantitative estimate of drug-likeness (QED) is 0.180. The zero-order valence-corrected chi connectivity index (χ0v) is 24.5. The largest absolute Gasteiger partial charge is 0.393 e. The van der Waals surface area contributed by atoms with Crippen molar-refractivity contribution in [3.8, 4) is 0 Å². The third-order valence-corrected chi connectivity index (χ3v) is 12.4. The molecular formula is C31H55NO9. The number of ether oxygens (including phenoxy) is 1. The molecule has 0 amide bonds. The Morgan fingerprint density at radius 1 is 0.805 bits per heavy atom. The van der Waals surface area contributed by atoms with E-state index in [1.54, 1.807) is 0 Å². The third-order valence-electron chi connectivity index (χ3n) is 12.4. The lowest BCUT2D eigenvalue weighted by atomic mass is 9.47. The van der Waals surface area contributed by atoms with Gasteiger partial charge in [0.1, 0.15) is 11.8 Å². The molecule has 238 valence electrons. The van der Waals surface area contributed by atoms with E-state index >= 15 is 0 Å². The molecule has 41 heavy (non-hydrogen) atoms. The van der Waals surface area contributed by atoms with Gasteiger partial charge in [-0.1, -0.05) is 19.3 Å².